The van der Waals surface area contributed by atoms with Crippen molar-refractivity contribution in [3.05, 3.63) is 29.8 Å². The van der Waals surface area contributed by atoms with E-state index >= 15 is 0 Å². The van der Waals surface area contributed by atoms with Gasteiger partial charge < -0.3 is 9.84 Å². The Hall–Kier alpha value is -0.510. The second-order valence-electron chi connectivity index (χ2n) is 2.24. The van der Waals surface area contributed by atoms with E-state index in [-0.39, 0.29) is 40.9 Å². The third-order valence-electron chi connectivity index (χ3n) is 1.40. The smallest absolute Gasteiger partial charge is 0.341 e. The normalized spacial score (nSPS) is 8.69. The van der Waals surface area contributed by atoms with Crippen LogP contribution >= 0.6 is 0 Å². The van der Waals surface area contributed by atoms with Gasteiger partial charge in [-0.3, -0.25) is 0 Å². The van der Waals surface area contributed by atoms with E-state index in [2.05, 4.69) is 0 Å². The van der Waals surface area contributed by atoms with Gasteiger partial charge in [0.15, 0.2) is 0 Å². The summed E-state index contributed by atoms with van der Waals surface area (Å²) in [6.07, 6.45) is 0. The van der Waals surface area contributed by atoms with E-state index < -0.39 is 5.97 Å². The molecule has 1 aromatic carbocycles. The van der Waals surface area contributed by atoms with Crippen molar-refractivity contribution in [3.8, 4) is 5.75 Å². The molecule has 4 heteroatoms. The Bertz CT molecular complexity index is 286. The van der Waals surface area contributed by atoms with E-state index in [1.165, 1.54) is 12.1 Å². The van der Waals surface area contributed by atoms with E-state index in [0.29, 0.717) is 6.61 Å². The Morgan fingerprint density at radius 3 is 2.62 bits per heavy atom. The van der Waals surface area contributed by atoms with Crippen molar-refractivity contribution in [2.75, 3.05) is 6.61 Å². The maximum absolute atomic E-state index is 11.1. The van der Waals surface area contributed by atoms with Crippen molar-refractivity contribution in [1.29, 1.82) is 0 Å². The van der Waals surface area contributed by atoms with Crippen molar-refractivity contribution < 1.29 is 14.6 Å². The average molecular weight is 189 g/mol. The van der Waals surface area contributed by atoms with E-state index in [4.69, 9.17) is 4.74 Å². The van der Waals surface area contributed by atoms with Gasteiger partial charge in [-0.05, 0) is 19.1 Å². The van der Waals surface area contributed by atoms with Gasteiger partial charge in [-0.25, -0.2) is 4.79 Å². The van der Waals surface area contributed by atoms with Crippen molar-refractivity contribution in [2.45, 2.75) is 6.92 Å². The van der Waals surface area contributed by atoms with Crippen LogP contribution in [0.1, 0.15) is 17.3 Å². The zero-order chi connectivity index (χ0) is 8.97. The Morgan fingerprint density at radius 2 is 2.08 bits per heavy atom. The van der Waals surface area contributed by atoms with Crippen LogP contribution in [0.3, 0.4) is 0 Å². The summed E-state index contributed by atoms with van der Waals surface area (Å²) in [4.78, 5) is 11.1. The van der Waals surface area contributed by atoms with Crippen LogP contribution in [0.5, 0.6) is 5.75 Å². The van der Waals surface area contributed by atoms with Gasteiger partial charge in [-0.15, -0.1) is 0 Å². The predicted octanol–water partition coefficient (Wildman–Crippen LogP) is 1.19. The second kappa shape index (κ2) is 6.02. The molecule has 0 fully saturated rings. The summed E-state index contributed by atoms with van der Waals surface area (Å²) in [5.74, 6) is -0.536. The standard InChI is InChI=1S/C9H10O3.Na/c1-2-12-9(11)7-5-3-4-6-8(7)10;/h3-6,10H,2H2,1H3;. The van der Waals surface area contributed by atoms with Crippen LogP contribution in [0.2, 0.25) is 0 Å². The summed E-state index contributed by atoms with van der Waals surface area (Å²) in [5.41, 5.74) is 0.208. The molecule has 0 unspecified atom stereocenters. The number of para-hydroxylation sites is 1. The predicted molar refractivity (Wildman–Crippen MR) is 49.8 cm³/mol. The van der Waals surface area contributed by atoms with Crippen LogP contribution in [-0.2, 0) is 4.74 Å². The molecule has 0 saturated heterocycles. The Kier molecular flexibility index (Phi) is 5.79. The molecule has 0 aromatic heterocycles. The SMILES string of the molecule is CCOC(=O)c1ccccc1O.[Na]. The summed E-state index contributed by atoms with van der Waals surface area (Å²) in [6.45, 7) is 2.03. The first-order chi connectivity index (χ1) is 5.75. The maximum atomic E-state index is 11.1. The molecule has 0 aliphatic heterocycles. The van der Waals surface area contributed by atoms with Crippen LogP contribution in [0.4, 0.5) is 0 Å². The summed E-state index contributed by atoms with van der Waals surface area (Å²) in [5, 5.41) is 9.21. The van der Waals surface area contributed by atoms with E-state index in [1.807, 2.05) is 0 Å². The topological polar surface area (TPSA) is 46.5 Å². The largest absolute Gasteiger partial charge is 0.507 e. The fourth-order valence-electron chi connectivity index (χ4n) is 0.855. The fourth-order valence-corrected chi connectivity index (χ4v) is 0.855. The van der Waals surface area contributed by atoms with Gasteiger partial charge in [0.25, 0.3) is 0 Å². The number of benzene rings is 1. The Morgan fingerprint density at radius 1 is 1.46 bits per heavy atom. The first-order valence-electron chi connectivity index (χ1n) is 3.70. The molecule has 13 heavy (non-hydrogen) atoms. The molecule has 0 spiro atoms. The quantitative estimate of drug-likeness (QED) is 0.561. The second-order valence-corrected chi connectivity index (χ2v) is 2.24. The number of carbonyl (C=O) groups is 1. The average Bonchev–Trinajstić information content (AvgIpc) is 2.05. The fraction of sp³-hybridized carbons (Fsp3) is 0.222. The molecular formula is C9H10NaO3. The van der Waals surface area contributed by atoms with E-state index in [9.17, 15) is 9.90 Å². The zero-order valence-electron chi connectivity index (χ0n) is 7.78. The molecule has 1 radical (unpaired) electrons. The first kappa shape index (κ1) is 12.5. The molecule has 1 N–H and O–H groups in total. The molecule has 0 aliphatic carbocycles. The third-order valence-corrected chi connectivity index (χ3v) is 1.40. The Balaban J connectivity index is 0.00000144. The van der Waals surface area contributed by atoms with E-state index in [0.717, 1.165) is 0 Å². The van der Waals surface area contributed by atoms with Gasteiger partial charge in [0.1, 0.15) is 11.3 Å². The van der Waals surface area contributed by atoms with Gasteiger partial charge in [-0.1, -0.05) is 12.1 Å². The molecule has 0 aliphatic rings. The molecule has 0 saturated carbocycles. The van der Waals surface area contributed by atoms with Crippen molar-refractivity contribution in [3.63, 3.8) is 0 Å². The Labute approximate surface area is 99.0 Å². The summed E-state index contributed by atoms with van der Waals surface area (Å²) in [6, 6.07) is 6.30. The zero-order valence-corrected chi connectivity index (χ0v) is 9.78. The molecular weight excluding hydrogens is 179 g/mol. The number of phenolic OH excluding ortho intramolecular Hbond substituents is 1. The molecule has 0 atom stereocenters. The molecule has 0 bridgehead atoms. The van der Waals surface area contributed by atoms with Crippen LogP contribution < -0.4 is 0 Å². The molecule has 1 rings (SSSR count). The van der Waals surface area contributed by atoms with Gasteiger partial charge in [0, 0.05) is 29.6 Å². The number of carbonyl (C=O) groups excluding carboxylic acids is 1. The van der Waals surface area contributed by atoms with Crippen LogP contribution in [0.25, 0.3) is 0 Å². The number of rotatable bonds is 2. The summed E-state index contributed by atoms with van der Waals surface area (Å²) < 4.78 is 4.71. The minimum Gasteiger partial charge on any atom is -0.507 e. The number of hydrogen-bond donors (Lipinski definition) is 1. The number of phenols is 1. The van der Waals surface area contributed by atoms with Crippen LogP contribution in [0, 0.1) is 0 Å². The number of aromatic hydroxyl groups is 1. The van der Waals surface area contributed by atoms with Gasteiger partial charge >= 0.3 is 5.97 Å². The van der Waals surface area contributed by atoms with Crippen molar-refractivity contribution >= 4 is 35.5 Å². The minimum atomic E-state index is -0.490. The summed E-state index contributed by atoms with van der Waals surface area (Å²) in [7, 11) is 0. The molecule has 65 valence electrons. The molecule has 3 nitrogen and oxygen atoms in total. The third kappa shape index (κ3) is 3.38. The van der Waals surface area contributed by atoms with Crippen molar-refractivity contribution in [1.82, 2.24) is 0 Å². The van der Waals surface area contributed by atoms with Crippen LogP contribution in [-0.4, -0.2) is 47.2 Å². The van der Waals surface area contributed by atoms with E-state index in [1.54, 1.807) is 19.1 Å². The molecule has 0 heterocycles. The van der Waals surface area contributed by atoms with Gasteiger partial charge in [0.05, 0.1) is 6.61 Å². The minimum absolute atomic E-state index is 0. The van der Waals surface area contributed by atoms with Gasteiger partial charge in [-0.2, -0.15) is 0 Å². The number of ether oxygens (including phenoxy) is 1. The van der Waals surface area contributed by atoms with Crippen LogP contribution in [0.15, 0.2) is 24.3 Å². The number of hydrogen-bond acceptors (Lipinski definition) is 3. The summed E-state index contributed by atoms with van der Waals surface area (Å²) >= 11 is 0. The number of esters is 1. The molecule has 0 amide bonds. The van der Waals surface area contributed by atoms with Gasteiger partial charge in [0.2, 0.25) is 0 Å². The molecule has 1 aromatic rings. The first-order valence-corrected chi connectivity index (χ1v) is 3.70. The van der Waals surface area contributed by atoms with Crippen molar-refractivity contribution in [2.24, 2.45) is 0 Å². The maximum Gasteiger partial charge on any atom is 0.341 e. The monoisotopic (exact) mass is 189 g/mol.